The van der Waals surface area contributed by atoms with Crippen molar-refractivity contribution >= 4 is 17.9 Å². The van der Waals surface area contributed by atoms with Crippen molar-refractivity contribution in [2.45, 2.75) is 12.7 Å². The van der Waals surface area contributed by atoms with Gasteiger partial charge in [-0.25, -0.2) is 18.6 Å². The molecule has 0 bridgehead atoms. The number of nitrogens with one attached hydrogen (secondary N) is 2. The van der Waals surface area contributed by atoms with E-state index in [0.717, 1.165) is 0 Å². The van der Waals surface area contributed by atoms with Crippen LogP contribution in [0, 0.1) is 17.0 Å². The maximum atomic E-state index is 14.8. The molecular weight excluding hydrogens is 400 g/mol. The highest BCUT2D eigenvalue weighted by Crippen LogP contribution is 2.30. The van der Waals surface area contributed by atoms with Gasteiger partial charge < -0.3 is 25.2 Å². The number of hydrogen-bond acceptors (Lipinski definition) is 7. The van der Waals surface area contributed by atoms with E-state index < -0.39 is 30.3 Å². The molecule has 0 radical (unpaired) electrons. The number of pyridine rings is 1. The molecule has 1 aromatic carbocycles. The molecule has 30 heavy (non-hydrogen) atoms. The molecule has 160 valence electrons. The molecule has 1 fully saturated rings. The van der Waals surface area contributed by atoms with Gasteiger partial charge in [-0.15, -0.1) is 0 Å². The topological polar surface area (TPSA) is 134 Å². The second kappa shape index (κ2) is 9.46. The maximum absolute atomic E-state index is 14.8. The van der Waals surface area contributed by atoms with Crippen LogP contribution in [0.25, 0.3) is 11.1 Å². The van der Waals surface area contributed by atoms with Crippen LogP contribution < -0.4 is 16.0 Å². The van der Waals surface area contributed by atoms with Crippen LogP contribution >= 0.6 is 0 Å². The largest absolute Gasteiger partial charge is 0.444 e. The highest BCUT2D eigenvalue weighted by atomic mass is 19.1. The van der Waals surface area contributed by atoms with Crippen molar-refractivity contribution in [2.75, 3.05) is 31.2 Å². The first-order chi connectivity index (χ1) is 14.4. The van der Waals surface area contributed by atoms with Gasteiger partial charge in [0, 0.05) is 36.0 Å². The smallest absolute Gasteiger partial charge is 0.414 e. The van der Waals surface area contributed by atoms with Crippen molar-refractivity contribution in [1.29, 1.82) is 5.41 Å². The summed E-state index contributed by atoms with van der Waals surface area (Å²) in [6.45, 7) is 0.660. The summed E-state index contributed by atoms with van der Waals surface area (Å²) in [7, 11) is 0. The van der Waals surface area contributed by atoms with Gasteiger partial charge in [-0.05, 0) is 6.07 Å². The van der Waals surface area contributed by atoms with E-state index in [9.17, 15) is 13.6 Å². The molecule has 5 N–H and O–H groups in total. The average molecular weight is 421 g/mol. The predicted molar refractivity (Wildman–Crippen MR) is 104 cm³/mol. The Morgan fingerprint density at radius 2 is 2.17 bits per heavy atom. The van der Waals surface area contributed by atoms with Crippen molar-refractivity contribution in [3.05, 3.63) is 47.7 Å². The molecule has 1 aliphatic rings. The third kappa shape index (κ3) is 4.99. The molecule has 1 aromatic heterocycles. The van der Waals surface area contributed by atoms with Crippen LogP contribution in [0.4, 0.5) is 19.4 Å². The lowest BCUT2D eigenvalue weighted by molar-refractivity contribution is 0.0130. The van der Waals surface area contributed by atoms with Gasteiger partial charge in [0.15, 0.2) is 17.6 Å². The Balaban J connectivity index is 1.70. The second-order valence-corrected chi connectivity index (χ2v) is 6.54. The van der Waals surface area contributed by atoms with Crippen LogP contribution in [0.1, 0.15) is 5.56 Å². The predicted octanol–water partition coefficient (Wildman–Crippen LogP) is 1.34. The summed E-state index contributed by atoms with van der Waals surface area (Å²) in [5.74, 6) is -1.73. The van der Waals surface area contributed by atoms with E-state index in [2.05, 4.69) is 4.98 Å². The Bertz CT molecular complexity index is 937. The van der Waals surface area contributed by atoms with Gasteiger partial charge in [0.05, 0.1) is 19.3 Å². The number of amides is 1. The van der Waals surface area contributed by atoms with Gasteiger partial charge in [-0.1, -0.05) is 18.2 Å². The Labute approximate surface area is 170 Å². The highest BCUT2D eigenvalue weighted by Gasteiger charge is 2.30. The van der Waals surface area contributed by atoms with Gasteiger partial charge in [0.25, 0.3) is 0 Å². The third-order valence-corrected chi connectivity index (χ3v) is 4.40. The van der Waals surface area contributed by atoms with Crippen molar-refractivity contribution in [1.82, 2.24) is 10.3 Å². The van der Waals surface area contributed by atoms with E-state index in [-0.39, 0.29) is 41.8 Å². The van der Waals surface area contributed by atoms with E-state index in [1.165, 1.54) is 24.4 Å². The number of alkyl carbamates (subject to hydrolysis) is 1. The Morgan fingerprint density at radius 1 is 1.40 bits per heavy atom. The second-order valence-electron chi connectivity index (χ2n) is 6.54. The van der Waals surface area contributed by atoms with Gasteiger partial charge >= 0.3 is 6.09 Å². The lowest BCUT2D eigenvalue weighted by Gasteiger charge is -2.39. The molecule has 11 heteroatoms. The fourth-order valence-corrected chi connectivity index (χ4v) is 2.95. The molecule has 0 saturated carbocycles. The molecule has 2 heterocycles. The summed E-state index contributed by atoms with van der Waals surface area (Å²) in [5.41, 5.74) is 5.43. The van der Waals surface area contributed by atoms with Crippen molar-refractivity contribution in [3.8, 4) is 11.1 Å². The summed E-state index contributed by atoms with van der Waals surface area (Å²) in [6.07, 6.45) is 0.291. The summed E-state index contributed by atoms with van der Waals surface area (Å²) >= 11 is 0. The standard InChI is InChI=1S/C19H21F2N5O4/c20-15-6-12(7-24-17(15)26-8-13(9-26)29-5-4-27)14-3-1-2-11(16(14)21)10-30-19(28)25-18(22)23/h1-3,6-7,13,27H,4-5,8-10H2,(H4,22,23,25,28). The number of anilines is 1. The quantitative estimate of drug-likeness (QED) is 0.392. The Kier molecular flexibility index (Phi) is 6.75. The monoisotopic (exact) mass is 421 g/mol. The Morgan fingerprint density at radius 3 is 2.83 bits per heavy atom. The summed E-state index contributed by atoms with van der Waals surface area (Å²) in [6, 6.07) is 5.62. The number of nitrogens with two attached hydrogens (primary N) is 1. The minimum atomic E-state index is -0.986. The lowest BCUT2D eigenvalue weighted by Crippen LogP contribution is -2.53. The van der Waals surface area contributed by atoms with Gasteiger partial charge in [0.1, 0.15) is 12.4 Å². The van der Waals surface area contributed by atoms with Gasteiger partial charge in [0.2, 0.25) is 0 Å². The number of hydrogen-bond donors (Lipinski definition) is 4. The molecule has 3 rings (SSSR count). The SMILES string of the molecule is N=C(N)NC(=O)OCc1cccc(-c2cnc(N3CC(OCCO)C3)c(F)c2)c1F. The number of nitrogens with zero attached hydrogens (tertiary/aromatic N) is 2. The lowest BCUT2D eigenvalue weighted by atomic mass is 10.0. The van der Waals surface area contributed by atoms with Crippen molar-refractivity contribution in [2.24, 2.45) is 5.73 Å². The first kappa shape index (κ1) is 21.4. The van der Waals surface area contributed by atoms with E-state index in [0.29, 0.717) is 13.1 Å². The number of guanidine groups is 1. The van der Waals surface area contributed by atoms with Gasteiger partial charge in [-0.3, -0.25) is 10.7 Å². The fourth-order valence-electron chi connectivity index (χ4n) is 2.95. The summed E-state index contributed by atoms with van der Waals surface area (Å²) in [4.78, 5) is 17.2. The number of carbonyl (C=O) groups is 1. The molecule has 1 amide bonds. The number of benzene rings is 1. The third-order valence-electron chi connectivity index (χ3n) is 4.40. The molecule has 0 aliphatic carbocycles. The van der Waals surface area contributed by atoms with E-state index in [1.807, 2.05) is 5.32 Å². The number of aromatic nitrogens is 1. The van der Waals surface area contributed by atoms with E-state index in [4.69, 9.17) is 25.7 Å². The molecule has 2 aromatic rings. The fraction of sp³-hybridized carbons (Fsp3) is 0.316. The number of aliphatic hydroxyl groups is 1. The molecule has 0 spiro atoms. The number of halogens is 2. The van der Waals surface area contributed by atoms with Crippen LogP contribution in [-0.2, 0) is 16.1 Å². The number of carbonyl (C=O) groups excluding carboxylic acids is 1. The number of rotatable bonds is 7. The van der Waals surface area contributed by atoms with Crippen LogP contribution in [-0.4, -0.2) is 54.6 Å². The van der Waals surface area contributed by atoms with Crippen molar-refractivity contribution < 1.29 is 28.2 Å². The zero-order chi connectivity index (χ0) is 21.7. The van der Waals surface area contributed by atoms with Crippen molar-refractivity contribution in [3.63, 3.8) is 0 Å². The zero-order valence-corrected chi connectivity index (χ0v) is 15.9. The van der Waals surface area contributed by atoms with Crippen LogP contribution in [0.15, 0.2) is 30.5 Å². The van der Waals surface area contributed by atoms with Gasteiger partial charge in [-0.2, -0.15) is 0 Å². The minimum absolute atomic E-state index is 0.0716. The number of aliphatic hydroxyl groups excluding tert-OH is 1. The summed E-state index contributed by atoms with van der Waals surface area (Å²) < 4.78 is 39.6. The Hall–Kier alpha value is -3.31. The first-order valence-corrected chi connectivity index (χ1v) is 9.07. The number of ether oxygens (including phenoxy) is 2. The molecule has 0 unspecified atom stereocenters. The molecule has 1 aliphatic heterocycles. The maximum Gasteiger partial charge on any atom is 0.414 e. The molecular formula is C19H21F2N5O4. The van der Waals surface area contributed by atoms with Crippen LogP contribution in [0.5, 0.6) is 0 Å². The first-order valence-electron chi connectivity index (χ1n) is 9.07. The highest BCUT2D eigenvalue weighted by molar-refractivity contribution is 5.90. The van der Waals surface area contributed by atoms with Crippen LogP contribution in [0.3, 0.4) is 0 Å². The van der Waals surface area contributed by atoms with E-state index in [1.54, 1.807) is 11.0 Å². The normalized spacial score (nSPS) is 13.6. The zero-order valence-electron chi connectivity index (χ0n) is 15.9. The molecule has 1 saturated heterocycles. The van der Waals surface area contributed by atoms with Crippen LogP contribution in [0.2, 0.25) is 0 Å². The average Bonchev–Trinajstić information content (AvgIpc) is 2.66. The molecule has 9 nitrogen and oxygen atoms in total. The molecule has 0 atom stereocenters. The summed E-state index contributed by atoms with van der Waals surface area (Å²) in [5, 5.41) is 17.6. The minimum Gasteiger partial charge on any atom is -0.444 e. The van der Waals surface area contributed by atoms with E-state index >= 15 is 0 Å².